The summed E-state index contributed by atoms with van der Waals surface area (Å²) in [5.74, 6) is 0.745. The van der Waals surface area contributed by atoms with Gasteiger partial charge < -0.3 is 19.6 Å². The van der Waals surface area contributed by atoms with E-state index in [1.807, 2.05) is 23.1 Å². The van der Waals surface area contributed by atoms with Crippen LogP contribution in [0.3, 0.4) is 0 Å². The predicted octanol–water partition coefficient (Wildman–Crippen LogP) is 2.14. The van der Waals surface area contributed by atoms with Gasteiger partial charge in [0.25, 0.3) is 0 Å². The van der Waals surface area contributed by atoms with Gasteiger partial charge in [-0.15, -0.1) is 0 Å². The Labute approximate surface area is 163 Å². The fourth-order valence-corrected chi connectivity index (χ4v) is 4.92. The van der Waals surface area contributed by atoms with Crippen LogP contribution in [-0.2, 0) is 14.9 Å². The lowest BCUT2D eigenvalue weighted by Crippen LogP contribution is -2.45. The second-order valence-electron chi connectivity index (χ2n) is 8.32. The minimum Gasteiger partial charge on any atom is -0.396 e. The number of rotatable bonds is 8. The maximum Gasteiger partial charge on any atom is 0.233 e. The number of carbonyl (C=O) groups is 1. The Morgan fingerprint density at radius 1 is 1.22 bits per heavy atom. The number of ether oxygens (including phenoxy) is 1. The SMILES string of the molecule is COCCN(C)C[C@@H]1CN(C(=O)C2(c3ccccc3)CCCC2)C[C@@H]1CO. The fraction of sp³-hybridized carbons (Fsp3) is 0.682. The number of benzene rings is 1. The lowest BCUT2D eigenvalue weighted by molar-refractivity contribution is -0.136. The number of aliphatic hydroxyl groups excluding tert-OH is 1. The Balaban J connectivity index is 1.72. The summed E-state index contributed by atoms with van der Waals surface area (Å²) in [7, 11) is 3.80. The molecule has 5 nitrogen and oxygen atoms in total. The quantitative estimate of drug-likeness (QED) is 0.758. The van der Waals surface area contributed by atoms with Crippen LogP contribution in [0.15, 0.2) is 30.3 Å². The molecule has 1 saturated carbocycles. The molecule has 1 heterocycles. The molecule has 0 aromatic heterocycles. The van der Waals surface area contributed by atoms with Crippen LogP contribution in [0.5, 0.6) is 0 Å². The molecule has 1 saturated heterocycles. The molecule has 1 aliphatic heterocycles. The van der Waals surface area contributed by atoms with Gasteiger partial charge in [-0.1, -0.05) is 43.2 Å². The van der Waals surface area contributed by atoms with Gasteiger partial charge in [0.05, 0.1) is 12.0 Å². The number of likely N-dealkylation sites (N-methyl/N-ethyl adjacent to an activating group) is 1. The molecule has 1 aliphatic carbocycles. The van der Waals surface area contributed by atoms with E-state index in [4.69, 9.17) is 4.74 Å². The van der Waals surface area contributed by atoms with Crippen LogP contribution in [0.1, 0.15) is 31.2 Å². The molecule has 1 aromatic rings. The molecule has 2 atom stereocenters. The highest BCUT2D eigenvalue weighted by atomic mass is 16.5. The Bertz CT molecular complexity index is 601. The van der Waals surface area contributed by atoms with E-state index in [0.717, 1.165) is 50.9 Å². The average Bonchev–Trinajstić information content (AvgIpc) is 3.34. The molecule has 0 unspecified atom stereocenters. The number of nitrogens with zero attached hydrogens (tertiary/aromatic N) is 2. The Hall–Kier alpha value is -1.43. The molecule has 150 valence electrons. The second-order valence-corrected chi connectivity index (χ2v) is 8.32. The highest BCUT2D eigenvalue weighted by molar-refractivity contribution is 5.89. The zero-order valence-corrected chi connectivity index (χ0v) is 16.8. The van der Waals surface area contributed by atoms with Gasteiger partial charge in [-0.3, -0.25) is 4.79 Å². The molecular formula is C22H34N2O3. The van der Waals surface area contributed by atoms with Gasteiger partial charge in [0.2, 0.25) is 5.91 Å². The maximum atomic E-state index is 13.6. The molecule has 0 radical (unpaired) electrons. The highest BCUT2D eigenvalue weighted by Gasteiger charge is 2.47. The monoisotopic (exact) mass is 374 g/mol. The smallest absolute Gasteiger partial charge is 0.233 e. The van der Waals surface area contributed by atoms with Crippen LogP contribution >= 0.6 is 0 Å². The Morgan fingerprint density at radius 3 is 2.52 bits per heavy atom. The summed E-state index contributed by atoms with van der Waals surface area (Å²) in [5.41, 5.74) is 0.798. The summed E-state index contributed by atoms with van der Waals surface area (Å²) in [5, 5.41) is 9.89. The van der Waals surface area contributed by atoms with Crippen molar-refractivity contribution >= 4 is 5.91 Å². The van der Waals surface area contributed by atoms with Gasteiger partial charge in [-0.05, 0) is 31.4 Å². The number of hydrogen-bond donors (Lipinski definition) is 1. The van der Waals surface area contributed by atoms with Crippen molar-refractivity contribution in [3.63, 3.8) is 0 Å². The normalized spacial score (nSPS) is 24.7. The molecular weight excluding hydrogens is 340 g/mol. The van der Waals surface area contributed by atoms with Crippen molar-refractivity contribution in [1.29, 1.82) is 0 Å². The summed E-state index contributed by atoms with van der Waals surface area (Å²) in [6.07, 6.45) is 4.10. The van der Waals surface area contributed by atoms with Gasteiger partial charge in [0, 0.05) is 45.8 Å². The van der Waals surface area contributed by atoms with Crippen molar-refractivity contribution in [2.45, 2.75) is 31.1 Å². The first-order valence-electron chi connectivity index (χ1n) is 10.2. The van der Waals surface area contributed by atoms with Crippen LogP contribution in [0.4, 0.5) is 0 Å². The van der Waals surface area contributed by atoms with E-state index in [9.17, 15) is 9.90 Å². The summed E-state index contributed by atoms with van der Waals surface area (Å²) < 4.78 is 5.16. The summed E-state index contributed by atoms with van der Waals surface area (Å²) in [6, 6.07) is 10.3. The predicted molar refractivity (Wildman–Crippen MR) is 107 cm³/mol. The topological polar surface area (TPSA) is 53.0 Å². The number of hydrogen-bond acceptors (Lipinski definition) is 4. The Morgan fingerprint density at radius 2 is 1.89 bits per heavy atom. The molecule has 1 amide bonds. The van der Waals surface area contributed by atoms with Gasteiger partial charge in [0.1, 0.15) is 0 Å². The summed E-state index contributed by atoms with van der Waals surface area (Å²) in [4.78, 5) is 17.9. The largest absolute Gasteiger partial charge is 0.396 e. The van der Waals surface area contributed by atoms with Crippen LogP contribution < -0.4 is 0 Å². The average molecular weight is 375 g/mol. The van der Waals surface area contributed by atoms with Gasteiger partial charge in [0.15, 0.2) is 0 Å². The van der Waals surface area contributed by atoms with E-state index in [-0.39, 0.29) is 23.8 Å². The van der Waals surface area contributed by atoms with Gasteiger partial charge >= 0.3 is 0 Å². The molecule has 3 rings (SSSR count). The lowest BCUT2D eigenvalue weighted by Gasteiger charge is -2.33. The van der Waals surface area contributed by atoms with E-state index >= 15 is 0 Å². The van der Waals surface area contributed by atoms with E-state index in [1.165, 1.54) is 0 Å². The van der Waals surface area contributed by atoms with Gasteiger partial charge in [-0.25, -0.2) is 0 Å². The van der Waals surface area contributed by atoms with Crippen LogP contribution in [-0.4, -0.2) is 74.4 Å². The number of aliphatic hydroxyl groups is 1. The van der Waals surface area contributed by atoms with Crippen LogP contribution in [0.2, 0.25) is 0 Å². The minimum absolute atomic E-state index is 0.144. The summed E-state index contributed by atoms with van der Waals surface area (Å²) >= 11 is 0. The number of carbonyl (C=O) groups excluding carboxylic acids is 1. The third-order valence-electron chi connectivity index (χ3n) is 6.51. The molecule has 1 N–H and O–H groups in total. The molecule has 2 fully saturated rings. The molecule has 2 aliphatic rings. The van der Waals surface area contributed by atoms with Crippen molar-refractivity contribution in [3.05, 3.63) is 35.9 Å². The molecule has 1 aromatic carbocycles. The van der Waals surface area contributed by atoms with Crippen LogP contribution in [0.25, 0.3) is 0 Å². The van der Waals surface area contributed by atoms with Gasteiger partial charge in [-0.2, -0.15) is 0 Å². The number of methoxy groups -OCH3 is 1. The molecule has 27 heavy (non-hydrogen) atoms. The Kier molecular flexibility index (Phi) is 6.90. The second kappa shape index (κ2) is 9.18. The van der Waals surface area contributed by atoms with E-state index < -0.39 is 0 Å². The highest BCUT2D eigenvalue weighted by Crippen LogP contribution is 2.43. The third-order valence-corrected chi connectivity index (χ3v) is 6.51. The summed E-state index contributed by atoms with van der Waals surface area (Å²) in [6.45, 7) is 4.02. The van der Waals surface area contributed by atoms with E-state index in [0.29, 0.717) is 19.1 Å². The van der Waals surface area contributed by atoms with Crippen LogP contribution in [0, 0.1) is 11.8 Å². The lowest BCUT2D eigenvalue weighted by atomic mass is 9.77. The van der Waals surface area contributed by atoms with E-state index in [2.05, 4.69) is 24.1 Å². The zero-order valence-electron chi connectivity index (χ0n) is 16.8. The number of amides is 1. The van der Waals surface area contributed by atoms with Crippen molar-refractivity contribution in [2.75, 3.05) is 53.6 Å². The van der Waals surface area contributed by atoms with Crippen molar-refractivity contribution in [2.24, 2.45) is 11.8 Å². The third kappa shape index (κ3) is 4.36. The first kappa shape index (κ1) is 20.3. The minimum atomic E-state index is -0.363. The molecule has 0 spiro atoms. The van der Waals surface area contributed by atoms with Crippen molar-refractivity contribution < 1.29 is 14.6 Å². The van der Waals surface area contributed by atoms with Crippen molar-refractivity contribution in [1.82, 2.24) is 9.80 Å². The molecule has 5 heteroatoms. The van der Waals surface area contributed by atoms with Crippen molar-refractivity contribution in [3.8, 4) is 0 Å². The first-order chi connectivity index (χ1) is 13.1. The maximum absolute atomic E-state index is 13.6. The fourth-order valence-electron chi connectivity index (χ4n) is 4.92. The standard InChI is InChI=1S/C22H34N2O3/c1-23(12-13-27-2)14-18-15-24(16-19(18)17-25)21(26)22(10-6-7-11-22)20-8-4-3-5-9-20/h3-5,8-9,18-19,25H,6-7,10-17H2,1-2H3/t18-,19-/m1/s1. The number of likely N-dealkylation sites (tertiary alicyclic amines) is 1. The molecule has 0 bridgehead atoms. The van der Waals surface area contributed by atoms with E-state index in [1.54, 1.807) is 7.11 Å². The first-order valence-corrected chi connectivity index (χ1v) is 10.2. The zero-order chi connectivity index (χ0) is 19.3.